The summed E-state index contributed by atoms with van der Waals surface area (Å²) in [6.45, 7) is 3.76. The quantitative estimate of drug-likeness (QED) is 0.732. The maximum atomic E-state index is 12.0. The van der Waals surface area contributed by atoms with Crippen molar-refractivity contribution >= 4 is 40.2 Å². The van der Waals surface area contributed by atoms with Gasteiger partial charge in [-0.15, -0.1) is 0 Å². The van der Waals surface area contributed by atoms with Gasteiger partial charge >= 0.3 is 5.97 Å². The Morgan fingerprint density at radius 1 is 1.45 bits per heavy atom. The first-order valence-corrected chi connectivity index (χ1v) is 7.42. The number of rotatable bonds is 6. The van der Waals surface area contributed by atoms with E-state index in [2.05, 4.69) is 27.9 Å². The molecule has 0 aliphatic rings. The molecule has 2 N–H and O–H groups in total. The van der Waals surface area contributed by atoms with Gasteiger partial charge in [-0.1, -0.05) is 6.92 Å². The molecule has 0 aliphatic carbocycles. The molecule has 0 aromatic heterocycles. The summed E-state index contributed by atoms with van der Waals surface area (Å²) in [6.07, 6.45) is 0.460. The molecule has 0 aliphatic heterocycles. The van der Waals surface area contributed by atoms with Crippen LogP contribution in [0.1, 0.15) is 18.9 Å². The van der Waals surface area contributed by atoms with Crippen LogP contribution in [0.2, 0.25) is 0 Å². The van der Waals surface area contributed by atoms with Gasteiger partial charge in [-0.25, -0.2) is 0 Å². The monoisotopic (exact) mass is 390 g/mol. The van der Waals surface area contributed by atoms with Crippen LogP contribution in [0.5, 0.6) is 0 Å². The molecule has 20 heavy (non-hydrogen) atoms. The summed E-state index contributed by atoms with van der Waals surface area (Å²) in [7, 11) is 1.64. The third-order valence-corrected chi connectivity index (χ3v) is 3.73. The standard InChI is InChI=1S/C14H19IN2O3/c1-4-12(14(19)20)17(3)8-13(18)16-11-6-5-10(15)7-9(11)2/h5-7,12H,4,8H2,1-3H3,(H,16,18)(H,19,20). The Morgan fingerprint density at radius 3 is 2.60 bits per heavy atom. The largest absolute Gasteiger partial charge is 0.480 e. The molecule has 0 saturated heterocycles. The van der Waals surface area contributed by atoms with Gasteiger partial charge in [-0.3, -0.25) is 14.5 Å². The van der Waals surface area contributed by atoms with Crippen LogP contribution in [-0.4, -0.2) is 41.5 Å². The molecular weight excluding hydrogens is 371 g/mol. The molecule has 1 amide bonds. The fourth-order valence-corrected chi connectivity index (χ4v) is 2.62. The minimum Gasteiger partial charge on any atom is -0.480 e. The molecule has 0 fully saturated rings. The lowest BCUT2D eigenvalue weighted by Gasteiger charge is -2.22. The summed E-state index contributed by atoms with van der Waals surface area (Å²) in [5, 5.41) is 11.9. The van der Waals surface area contributed by atoms with E-state index in [-0.39, 0.29) is 12.5 Å². The van der Waals surface area contributed by atoms with Crippen LogP contribution in [0.3, 0.4) is 0 Å². The number of carbonyl (C=O) groups is 2. The molecule has 1 atom stereocenters. The van der Waals surface area contributed by atoms with Gasteiger partial charge in [0.05, 0.1) is 6.54 Å². The van der Waals surface area contributed by atoms with E-state index in [1.807, 2.05) is 25.1 Å². The predicted molar refractivity (Wildman–Crippen MR) is 86.9 cm³/mol. The Morgan fingerprint density at radius 2 is 2.10 bits per heavy atom. The van der Waals surface area contributed by atoms with E-state index in [9.17, 15) is 9.59 Å². The maximum Gasteiger partial charge on any atom is 0.320 e. The number of hydrogen-bond donors (Lipinski definition) is 2. The Kier molecular flexibility index (Phi) is 6.41. The Balaban J connectivity index is 2.65. The van der Waals surface area contributed by atoms with Gasteiger partial charge < -0.3 is 10.4 Å². The lowest BCUT2D eigenvalue weighted by Crippen LogP contribution is -2.42. The van der Waals surface area contributed by atoms with Crippen molar-refractivity contribution < 1.29 is 14.7 Å². The van der Waals surface area contributed by atoms with Crippen LogP contribution in [0.25, 0.3) is 0 Å². The highest BCUT2D eigenvalue weighted by Gasteiger charge is 2.22. The molecular formula is C14H19IN2O3. The Bertz CT molecular complexity index is 505. The first kappa shape index (κ1) is 16.9. The van der Waals surface area contributed by atoms with E-state index < -0.39 is 12.0 Å². The molecule has 110 valence electrons. The van der Waals surface area contributed by atoms with Crippen LogP contribution >= 0.6 is 22.6 Å². The van der Waals surface area contributed by atoms with Crippen molar-refractivity contribution in [2.45, 2.75) is 26.3 Å². The summed E-state index contributed by atoms with van der Waals surface area (Å²) < 4.78 is 1.10. The van der Waals surface area contributed by atoms with Gasteiger partial charge in [0.25, 0.3) is 0 Å². The third-order valence-electron chi connectivity index (χ3n) is 3.06. The number of nitrogens with one attached hydrogen (secondary N) is 1. The molecule has 0 spiro atoms. The van der Waals surface area contributed by atoms with Gasteiger partial charge in [0.2, 0.25) is 5.91 Å². The van der Waals surface area contributed by atoms with Gasteiger partial charge in [0.15, 0.2) is 0 Å². The van der Waals surface area contributed by atoms with Gasteiger partial charge in [-0.05, 0) is 66.7 Å². The molecule has 0 bridgehead atoms. The number of aliphatic carboxylic acids is 1. The second-order valence-electron chi connectivity index (χ2n) is 4.68. The van der Waals surface area contributed by atoms with Crippen LogP contribution in [0.4, 0.5) is 5.69 Å². The molecule has 1 aromatic rings. The van der Waals surface area contributed by atoms with Crippen molar-refractivity contribution in [3.8, 4) is 0 Å². The predicted octanol–water partition coefficient (Wildman–Crippen LogP) is 2.33. The number of amides is 1. The second kappa shape index (κ2) is 7.58. The van der Waals surface area contributed by atoms with Crippen LogP contribution in [-0.2, 0) is 9.59 Å². The lowest BCUT2D eigenvalue weighted by molar-refractivity contribution is -0.143. The number of halogens is 1. The lowest BCUT2D eigenvalue weighted by atomic mass is 10.2. The topological polar surface area (TPSA) is 69.6 Å². The molecule has 1 rings (SSSR count). The number of anilines is 1. The van der Waals surface area contributed by atoms with E-state index in [1.165, 1.54) is 0 Å². The van der Waals surface area contributed by atoms with Crippen LogP contribution in [0.15, 0.2) is 18.2 Å². The molecule has 1 aromatic carbocycles. The molecule has 1 unspecified atom stereocenters. The van der Waals surface area contributed by atoms with Crippen LogP contribution in [0, 0.1) is 10.5 Å². The average Bonchev–Trinajstić information content (AvgIpc) is 2.33. The second-order valence-corrected chi connectivity index (χ2v) is 5.93. The Labute approximate surface area is 132 Å². The zero-order valence-corrected chi connectivity index (χ0v) is 14.0. The van der Waals surface area contributed by atoms with Crippen molar-refractivity contribution in [3.05, 3.63) is 27.3 Å². The first-order chi connectivity index (χ1) is 9.35. The Hall–Kier alpha value is -1.15. The van der Waals surface area contributed by atoms with Crippen molar-refractivity contribution in [1.29, 1.82) is 0 Å². The molecule has 5 nitrogen and oxygen atoms in total. The number of likely N-dealkylation sites (N-methyl/N-ethyl adjacent to an activating group) is 1. The van der Waals surface area contributed by atoms with Gasteiger partial charge in [0.1, 0.15) is 6.04 Å². The van der Waals surface area contributed by atoms with Crippen molar-refractivity contribution in [2.75, 3.05) is 18.9 Å². The van der Waals surface area contributed by atoms with E-state index in [0.717, 1.165) is 14.8 Å². The zero-order chi connectivity index (χ0) is 15.3. The third kappa shape index (κ3) is 4.75. The van der Waals surface area contributed by atoms with E-state index in [4.69, 9.17) is 5.11 Å². The first-order valence-electron chi connectivity index (χ1n) is 6.34. The summed E-state index contributed by atoms with van der Waals surface area (Å²) in [5.74, 6) is -1.12. The number of hydrogen-bond acceptors (Lipinski definition) is 3. The summed E-state index contributed by atoms with van der Waals surface area (Å²) in [6, 6.07) is 5.10. The summed E-state index contributed by atoms with van der Waals surface area (Å²) >= 11 is 2.21. The van der Waals surface area contributed by atoms with Gasteiger partial charge in [0, 0.05) is 9.26 Å². The van der Waals surface area contributed by atoms with Crippen LogP contribution < -0.4 is 5.32 Å². The summed E-state index contributed by atoms with van der Waals surface area (Å²) in [4.78, 5) is 24.5. The average molecular weight is 390 g/mol. The molecule has 0 saturated carbocycles. The van der Waals surface area contributed by atoms with Gasteiger partial charge in [-0.2, -0.15) is 0 Å². The highest BCUT2D eigenvalue weighted by atomic mass is 127. The minimum atomic E-state index is -0.909. The number of carbonyl (C=O) groups excluding carboxylic acids is 1. The fraction of sp³-hybridized carbons (Fsp3) is 0.429. The van der Waals surface area contributed by atoms with E-state index in [1.54, 1.807) is 18.9 Å². The number of nitrogens with zero attached hydrogens (tertiary/aromatic N) is 1. The molecule has 0 radical (unpaired) electrons. The van der Waals surface area contributed by atoms with E-state index in [0.29, 0.717) is 6.42 Å². The molecule has 6 heteroatoms. The normalized spacial score (nSPS) is 12.2. The number of carboxylic acids is 1. The highest BCUT2D eigenvalue weighted by Crippen LogP contribution is 2.17. The van der Waals surface area contributed by atoms with Crippen molar-refractivity contribution in [2.24, 2.45) is 0 Å². The smallest absolute Gasteiger partial charge is 0.320 e. The maximum absolute atomic E-state index is 12.0. The number of benzene rings is 1. The summed E-state index contributed by atoms with van der Waals surface area (Å²) in [5.41, 5.74) is 1.74. The number of aryl methyl sites for hydroxylation is 1. The minimum absolute atomic E-state index is 0.0518. The van der Waals surface area contributed by atoms with E-state index >= 15 is 0 Å². The zero-order valence-electron chi connectivity index (χ0n) is 11.8. The van der Waals surface area contributed by atoms with Crippen molar-refractivity contribution in [3.63, 3.8) is 0 Å². The fourth-order valence-electron chi connectivity index (χ4n) is 1.97. The highest BCUT2D eigenvalue weighted by molar-refractivity contribution is 14.1. The molecule has 0 heterocycles. The number of carboxylic acid groups (broad SMARTS) is 1. The SMILES string of the molecule is CCC(C(=O)O)N(C)CC(=O)Nc1ccc(I)cc1C. The van der Waals surface area contributed by atoms with Crippen molar-refractivity contribution in [1.82, 2.24) is 4.90 Å².